The van der Waals surface area contributed by atoms with E-state index in [1.165, 1.54) is 12.8 Å². The molecule has 2 rings (SSSR count). The van der Waals surface area contributed by atoms with Gasteiger partial charge in [0.25, 0.3) is 0 Å². The monoisotopic (exact) mass is 256 g/mol. The predicted octanol–water partition coefficient (Wildman–Crippen LogP) is 2.63. The topological polar surface area (TPSA) is 36.9 Å². The maximum absolute atomic E-state index is 5.64. The highest BCUT2D eigenvalue weighted by Crippen LogP contribution is 2.16. The zero-order chi connectivity index (χ0) is 12.6. The van der Waals surface area contributed by atoms with Gasteiger partial charge in [-0.05, 0) is 44.1 Å². The maximum atomic E-state index is 5.64. The van der Waals surface area contributed by atoms with Crippen LogP contribution >= 0.6 is 0 Å². The zero-order valence-corrected chi connectivity index (χ0v) is 11.1. The summed E-state index contributed by atoms with van der Waals surface area (Å²) in [7, 11) is 0. The molecule has 2 aliphatic rings. The van der Waals surface area contributed by atoms with E-state index >= 15 is 0 Å². The molecule has 4 nitrogen and oxygen atoms in total. The summed E-state index contributed by atoms with van der Waals surface area (Å²) in [6, 6.07) is 0. The van der Waals surface area contributed by atoms with Crippen molar-refractivity contribution in [2.24, 2.45) is 0 Å². The predicted molar refractivity (Wildman–Crippen MR) is 68.2 cm³/mol. The standard InChI is InChI=1S/C14H24O4/c1-12(10-17-13-6-2-4-8-15-13)11-18-14-7-3-5-9-16-14/h13-14H,1-11H2/t13-,14-/m1/s1. The van der Waals surface area contributed by atoms with Crippen molar-refractivity contribution in [2.45, 2.75) is 51.1 Å². The minimum absolute atomic E-state index is 0.0542. The molecule has 0 spiro atoms. The summed E-state index contributed by atoms with van der Waals surface area (Å²) in [5, 5.41) is 0. The molecule has 0 amide bonds. The number of hydrogen-bond donors (Lipinski definition) is 0. The lowest BCUT2D eigenvalue weighted by atomic mass is 10.2. The fraction of sp³-hybridized carbons (Fsp3) is 0.857. The molecule has 0 bridgehead atoms. The Morgan fingerprint density at radius 3 is 1.78 bits per heavy atom. The molecular weight excluding hydrogens is 232 g/mol. The highest BCUT2D eigenvalue weighted by molar-refractivity contribution is 4.94. The van der Waals surface area contributed by atoms with Crippen molar-refractivity contribution in [3.05, 3.63) is 12.2 Å². The summed E-state index contributed by atoms with van der Waals surface area (Å²) in [6.45, 7) is 6.60. The molecule has 0 N–H and O–H groups in total. The van der Waals surface area contributed by atoms with E-state index in [9.17, 15) is 0 Å². The first-order valence-corrected chi connectivity index (χ1v) is 6.97. The molecule has 0 aromatic carbocycles. The van der Waals surface area contributed by atoms with Crippen LogP contribution < -0.4 is 0 Å². The van der Waals surface area contributed by atoms with Crippen LogP contribution in [0, 0.1) is 0 Å². The second-order valence-corrected chi connectivity index (χ2v) is 4.96. The first kappa shape index (κ1) is 14.0. The van der Waals surface area contributed by atoms with Crippen LogP contribution in [0.4, 0.5) is 0 Å². The molecule has 2 heterocycles. The van der Waals surface area contributed by atoms with E-state index in [1.807, 2.05) is 0 Å². The van der Waals surface area contributed by atoms with Gasteiger partial charge in [0.05, 0.1) is 13.2 Å². The first-order valence-electron chi connectivity index (χ1n) is 6.97. The third kappa shape index (κ3) is 5.06. The molecule has 0 aliphatic carbocycles. The summed E-state index contributed by atoms with van der Waals surface area (Å²) in [4.78, 5) is 0. The van der Waals surface area contributed by atoms with E-state index in [-0.39, 0.29) is 12.6 Å². The summed E-state index contributed by atoms with van der Waals surface area (Å²) in [5.74, 6) is 0. The van der Waals surface area contributed by atoms with E-state index < -0.39 is 0 Å². The number of ether oxygens (including phenoxy) is 4. The van der Waals surface area contributed by atoms with Gasteiger partial charge in [-0.15, -0.1) is 0 Å². The van der Waals surface area contributed by atoms with E-state index in [2.05, 4.69) is 6.58 Å². The fourth-order valence-electron chi connectivity index (χ4n) is 2.15. The van der Waals surface area contributed by atoms with Gasteiger partial charge in [-0.3, -0.25) is 0 Å². The highest BCUT2D eigenvalue weighted by Gasteiger charge is 2.16. The van der Waals surface area contributed by atoms with Crippen LogP contribution in [-0.2, 0) is 18.9 Å². The molecule has 4 heteroatoms. The van der Waals surface area contributed by atoms with Crippen molar-refractivity contribution in [1.29, 1.82) is 0 Å². The van der Waals surface area contributed by atoms with Crippen LogP contribution in [0.2, 0.25) is 0 Å². The van der Waals surface area contributed by atoms with Crippen LogP contribution in [0.1, 0.15) is 38.5 Å². The SMILES string of the molecule is C=C(CO[C@@H]1CCCCO1)CO[C@@H]1CCCCO1. The Labute approximate surface area is 109 Å². The Bertz CT molecular complexity index is 218. The minimum Gasteiger partial charge on any atom is -0.353 e. The van der Waals surface area contributed by atoms with Crippen molar-refractivity contribution in [3.63, 3.8) is 0 Å². The number of rotatable bonds is 6. The Morgan fingerprint density at radius 1 is 0.889 bits per heavy atom. The van der Waals surface area contributed by atoms with Crippen molar-refractivity contribution in [2.75, 3.05) is 26.4 Å². The van der Waals surface area contributed by atoms with Gasteiger partial charge in [0, 0.05) is 13.2 Å². The van der Waals surface area contributed by atoms with E-state index in [1.54, 1.807) is 0 Å². The third-order valence-corrected chi connectivity index (χ3v) is 3.22. The summed E-state index contributed by atoms with van der Waals surface area (Å²) < 4.78 is 22.3. The van der Waals surface area contributed by atoms with Gasteiger partial charge >= 0.3 is 0 Å². The highest BCUT2D eigenvalue weighted by atomic mass is 16.7. The van der Waals surface area contributed by atoms with Crippen LogP contribution in [0.25, 0.3) is 0 Å². The van der Waals surface area contributed by atoms with Crippen LogP contribution in [0.5, 0.6) is 0 Å². The van der Waals surface area contributed by atoms with Gasteiger partial charge in [0.1, 0.15) is 0 Å². The first-order chi connectivity index (χ1) is 8.84. The van der Waals surface area contributed by atoms with Gasteiger partial charge in [-0.2, -0.15) is 0 Å². The minimum atomic E-state index is -0.0542. The lowest BCUT2D eigenvalue weighted by molar-refractivity contribution is -0.168. The molecule has 2 atom stereocenters. The summed E-state index contributed by atoms with van der Waals surface area (Å²) >= 11 is 0. The molecular formula is C14H24O4. The molecule has 0 unspecified atom stereocenters. The zero-order valence-electron chi connectivity index (χ0n) is 11.1. The second kappa shape index (κ2) is 7.89. The van der Waals surface area contributed by atoms with E-state index in [4.69, 9.17) is 18.9 Å². The molecule has 0 aromatic heterocycles. The van der Waals surface area contributed by atoms with Crippen LogP contribution in [0.15, 0.2) is 12.2 Å². The summed E-state index contributed by atoms with van der Waals surface area (Å²) in [6.07, 6.45) is 6.52. The molecule has 104 valence electrons. The largest absolute Gasteiger partial charge is 0.353 e. The van der Waals surface area contributed by atoms with Gasteiger partial charge in [-0.1, -0.05) is 6.58 Å². The lowest BCUT2D eigenvalue weighted by Crippen LogP contribution is -2.25. The smallest absolute Gasteiger partial charge is 0.158 e. The Kier molecular flexibility index (Phi) is 6.14. The molecule has 0 saturated carbocycles. The second-order valence-electron chi connectivity index (χ2n) is 4.96. The third-order valence-electron chi connectivity index (χ3n) is 3.22. The van der Waals surface area contributed by atoms with Crippen LogP contribution in [0.3, 0.4) is 0 Å². The average molecular weight is 256 g/mol. The fourth-order valence-corrected chi connectivity index (χ4v) is 2.15. The molecule has 2 aliphatic heterocycles. The Hall–Kier alpha value is -0.420. The summed E-state index contributed by atoms with van der Waals surface area (Å²) in [5.41, 5.74) is 0.943. The molecule has 2 saturated heterocycles. The molecule has 0 radical (unpaired) electrons. The van der Waals surface area contributed by atoms with Crippen molar-refractivity contribution in [1.82, 2.24) is 0 Å². The number of hydrogen-bond acceptors (Lipinski definition) is 4. The Morgan fingerprint density at radius 2 is 1.39 bits per heavy atom. The van der Waals surface area contributed by atoms with Crippen LogP contribution in [-0.4, -0.2) is 39.0 Å². The molecule has 18 heavy (non-hydrogen) atoms. The lowest BCUT2D eigenvalue weighted by Gasteiger charge is -2.25. The van der Waals surface area contributed by atoms with E-state index in [0.29, 0.717) is 13.2 Å². The maximum Gasteiger partial charge on any atom is 0.158 e. The quantitative estimate of drug-likeness (QED) is 0.685. The normalized spacial score (nSPS) is 29.1. The molecule has 0 aromatic rings. The van der Waals surface area contributed by atoms with E-state index in [0.717, 1.165) is 44.5 Å². The van der Waals surface area contributed by atoms with Crippen molar-refractivity contribution < 1.29 is 18.9 Å². The molecule has 2 fully saturated rings. The average Bonchev–Trinajstić information content (AvgIpc) is 2.45. The van der Waals surface area contributed by atoms with Gasteiger partial charge < -0.3 is 18.9 Å². The van der Waals surface area contributed by atoms with Gasteiger partial charge in [0.15, 0.2) is 12.6 Å². The van der Waals surface area contributed by atoms with Crippen molar-refractivity contribution in [3.8, 4) is 0 Å². The van der Waals surface area contributed by atoms with Gasteiger partial charge in [0.2, 0.25) is 0 Å². The van der Waals surface area contributed by atoms with Crippen molar-refractivity contribution >= 4 is 0 Å². The Balaban J connectivity index is 1.54. The van der Waals surface area contributed by atoms with Gasteiger partial charge in [-0.25, -0.2) is 0 Å².